The number of rotatable bonds is 2. The quantitative estimate of drug-likeness (QED) is 0.504. The van der Waals surface area contributed by atoms with E-state index in [4.69, 9.17) is 21.0 Å². The van der Waals surface area contributed by atoms with Crippen molar-refractivity contribution in [3.8, 4) is 0 Å². The first-order chi connectivity index (χ1) is 14.5. The maximum absolute atomic E-state index is 12.6. The molecule has 5 heteroatoms. The van der Waals surface area contributed by atoms with Crippen LogP contribution in [0.1, 0.15) is 56.1 Å². The highest BCUT2D eigenvalue weighted by Gasteiger charge is 2.54. The number of benzene rings is 2. The number of halogens is 1. The maximum atomic E-state index is 12.6. The summed E-state index contributed by atoms with van der Waals surface area (Å²) >= 11 is 5.98. The fraction of sp³-hybridized carbons (Fsp3) is 0.440. The number of fused-ring (bicyclic) bond motifs is 7. The number of hydrogen-bond acceptors (Lipinski definition) is 4. The second kappa shape index (κ2) is 6.58. The van der Waals surface area contributed by atoms with Gasteiger partial charge in [-0.1, -0.05) is 24.6 Å². The molecule has 0 saturated heterocycles. The molecule has 0 unspecified atom stereocenters. The molecule has 0 amide bonds. The lowest BCUT2D eigenvalue weighted by Gasteiger charge is -2.48. The lowest BCUT2D eigenvalue weighted by molar-refractivity contribution is -0.129. The van der Waals surface area contributed by atoms with E-state index in [1.807, 2.05) is 24.3 Å². The van der Waals surface area contributed by atoms with E-state index in [-0.39, 0.29) is 5.41 Å². The average molecular weight is 421 g/mol. The molecular formula is C25H25ClN2O2. The Kier molecular flexibility index (Phi) is 4.05. The van der Waals surface area contributed by atoms with Crippen LogP contribution < -0.4 is 5.32 Å². The molecule has 2 aromatic carbocycles. The van der Waals surface area contributed by atoms with E-state index in [1.165, 1.54) is 11.1 Å². The molecule has 4 nitrogen and oxygen atoms in total. The van der Waals surface area contributed by atoms with Gasteiger partial charge in [-0.25, -0.2) is 0 Å². The maximum Gasteiger partial charge on any atom is 0.300 e. The number of ketones is 1. The number of carbonyl (C=O) groups excluding carboxylic acids is 1. The number of aromatic nitrogens is 1. The Hall–Kier alpha value is -2.33. The summed E-state index contributed by atoms with van der Waals surface area (Å²) in [5, 5.41) is 3.95. The minimum atomic E-state index is -0.0771. The zero-order valence-corrected chi connectivity index (χ0v) is 17.8. The van der Waals surface area contributed by atoms with Gasteiger partial charge in [-0.15, -0.1) is 0 Å². The number of aryl methyl sites for hydroxylation is 1. The van der Waals surface area contributed by atoms with Gasteiger partial charge >= 0.3 is 0 Å². The second-order valence-corrected chi connectivity index (χ2v) is 9.90. The third kappa shape index (κ3) is 2.66. The van der Waals surface area contributed by atoms with Gasteiger partial charge < -0.3 is 9.73 Å². The molecule has 1 aromatic heterocycles. The number of oxazole rings is 1. The van der Waals surface area contributed by atoms with E-state index in [1.54, 1.807) is 0 Å². The predicted octanol–water partition coefficient (Wildman–Crippen LogP) is 6.65. The Bertz CT molecular complexity index is 1150. The molecular weight excluding hydrogens is 396 g/mol. The molecule has 6 rings (SSSR count). The number of hydrogen-bond donors (Lipinski definition) is 1. The van der Waals surface area contributed by atoms with Crippen LogP contribution in [0.5, 0.6) is 0 Å². The fourth-order valence-electron chi connectivity index (χ4n) is 6.54. The molecule has 0 radical (unpaired) electrons. The summed E-state index contributed by atoms with van der Waals surface area (Å²) in [6.45, 7) is 2.23. The van der Waals surface area contributed by atoms with E-state index in [2.05, 4.69) is 24.4 Å². The van der Waals surface area contributed by atoms with E-state index < -0.39 is 0 Å². The normalized spacial score (nSPS) is 30.1. The number of Topliss-reactive ketones (excluding diaryl/α,β-unsaturated/α-hetero) is 1. The van der Waals surface area contributed by atoms with Crippen LogP contribution in [0.25, 0.3) is 11.1 Å². The Morgan fingerprint density at radius 3 is 2.77 bits per heavy atom. The van der Waals surface area contributed by atoms with Gasteiger partial charge in [0, 0.05) is 22.5 Å². The first kappa shape index (κ1) is 18.4. The second-order valence-electron chi connectivity index (χ2n) is 9.46. The molecule has 1 heterocycles. The van der Waals surface area contributed by atoms with Crippen molar-refractivity contribution < 1.29 is 9.21 Å². The van der Waals surface area contributed by atoms with E-state index in [0.29, 0.717) is 34.6 Å². The summed E-state index contributed by atoms with van der Waals surface area (Å²) in [5.74, 6) is 2.22. The van der Waals surface area contributed by atoms with Crippen LogP contribution in [-0.4, -0.2) is 10.8 Å². The van der Waals surface area contributed by atoms with Crippen LogP contribution in [0.2, 0.25) is 5.02 Å². The SMILES string of the molecule is C[C@]12CC[C@@H]3c4ccc5oc(Nc6ccc(Cl)cc6)nc5c4CC[C@H]3[C@@H]1CCC2=O. The van der Waals surface area contributed by atoms with Gasteiger partial charge in [-0.05, 0) is 91.3 Å². The van der Waals surface area contributed by atoms with Gasteiger partial charge in [0.1, 0.15) is 11.3 Å². The lowest BCUT2D eigenvalue weighted by atomic mass is 9.55. The minimum absolute atomic E-state index is 0.0771. The van der Waals surface area contributed by atoms with Gasteiger partial charge in [-0.2, -0.15) is 4.98 Å². The highest BCUT2D eigenvalue weighted by molar-refractivity contribution is 6.30. The number of carbonyl (C=O) groups is 1. The standard InChI is InChI=1S/C25H25ClN2O2/c1-25-13-12-17-16-8-10-21-23(19(16)7-6-18(17)20(25)9-11-22(25)29)28-24(30-21)27-15-4-2-14(26)3-5-15/h2-5,8,10,17-18,20H,6-7,9,11-13H2,1H3,(H,27,28)/t17-,18-,20+,25+/m1/s1. The third-order valence-corrected chi connectivity index (χ3v) is 8.32. The highest BCUT2D eigenvalue weighted by Crippen LogP contribution is 2.59. The number of anilines is 2. The van der Waals surface area contributed by atoms with E-state index >= 15 is 0 Å². The Morgan fingerprint density at radius 1 is 1.10 bits per heavy atom. The van der Waals surface area contributed by atoms with Gasteiger partial charge in [0.15, 0.2) is 5.58 Å². The Morgan fingerprint density at radius 2 is 1.93 bits per heavy atom. The molecule has 154 valence electrons. The fourth-order valence-corrected chi connectivity index (χ4v) is 6.67. The number of nitrogens with one attached hydrogen (secondary N) is 1. The van der Waals surface area contributed by atoms with Crippen molar-refractivity contribution in [2.24, 2.45) is 17.3 Å². The van der Waals surface area contributed by atoms with Crippen LogP contribution in [0, 0.1) is 17.3 Å². The van der Waals surface area contributed by atoms with Crippen molar-refractivity contribution in [2.45, 2.75) is 51.4 Å². The molecule has 3 aliphatic carbocycles. The van der Waals surface area contributed by atoms with Gasteiger partial charge in [-0.3, -0.25) is 4.79 Å². The highest BCUT2D eigenvalue weighted by atomic mass is 35.5. The first-order valence-corrected chi connectivity index (χ1v) is 11.4. The van der Waals surface area contributed by atoms with Crippen LogP contribution in [-0.2, 0) is 11.2 Å². The minimum Gasteiger partial charge on any atom is -0.423 e. The molecule has 0 aliphatic heterocycles. The van der Waals surface area contributed by atoms with Crippen molar-refractivity contribution in [2.75, 3.05) is 5.32 Å². The zero-order valence-electron chi connectivity index (χ0n) is 17.1. The van der Waals surface area contributed by atoms with Crippen molar-refractivity contribution in [1.29, 1.82) is 0 Å². The van der Waals surface area contributed by atoms with Crippen molar-refractivity contribution in [3.05, 3.63) is 52.5 Å². The lowest BCUT2D eigenvalue weighted by Crippen LogP contribution is -2.42. The van der Waals surface area contributed by atoms with Gasteiger partial charge in [0.2, 0.25) is 0 Å². The Labute approximate surface area is 181 Å². The largest absolute Gasteiger partial charge is 0.423 e. The summed E-state index contributed by atoms with van der Waals surface area (Å²) in [5.41, 5.74) is 5.42. The molecule has 30 heavy (non-hydrogen) atoms. The summed E-state index contributed by atoms with van der Waals surface area (Å²) < 4.78 is 6.00. The molecule has 0 spiro atoms. The molecule has 2 fully saturated rings. The molecule has 0 bridgehead atoms. The van der Waals surface area contributed by atoms with Gasteiger partial charge in [0.05, 0.1) is 0 Å². The molecule has 4 atom stereocenters. The summed E-state index contributed by atoms with van der Waals surface area (Å²) in [4.78, 5) is 17.4. The van der Waals surface area contributed by atoms with E-state index in [0.717, 1.165) is 55.3 Å². The van der Waals surface area contributed by atoms with Crippen LogP contribution in [0.4, 0.5) is 11.7 Å². The summed E-state index contributed by atoms with van der Waals surface area (Å²) in [6, 6.07) is 12.4. The third-order valence-electron chi connectivity index (χ3n) is 8.07. The molecule has 3 aromatic rings. The average Bonchev–Trinajstić information content (AvgIpc) is 3.29. The molecule has 1 N–H and O–H groups in total. The van der Waals surface area contributed by atoms with E-state index in [9.17, 15) is 4.79 Å². The predicted molar refractivity (Wildman–Crippen MR) is 118 cm³/mol. The molecule has 2 saturated carbocycles. The first-order valence-electron chi connectivity index (χ1n) is 11.0. The van der Waals surface area contributed by atoms with Gasteiger partial charge in [0.25, 0.3) is 6.01 Å². The van der Waals surface area contributed by atoms with Crippen molar-refractivity contribution in [3.63, 3.8) is 0 Å². The summed E-state index contributed by atoms with van der Waals surface area (Å²) in [6.07, 6.45) is 6.15. The van der Waals surface area contributed by atoms with Crippen molar-refractivity contribution in [1.82, 2.24) is 4.98 Å². The van der Waals surface area contributed by atoms with Crippen molar-refractivity contribution >= 4 is 40.2 Å². The molecule has 3 aliphatic rings. The van der Waals surface area contributed by atoms with Crippen LogP contribution >= 0.6 is 11.6 Å². The summed E-state index contributed by atoms with van der Waals surface area (Å²) in [7, 11) is 0. The van der Waals surface area contributed by atoms with Crippen LogP contribution in [0.3, 0.4) is 0 Å². The smallest absolute Gasteiger partial charge is 0.300 e. The van der Waals surface area contributed by atoms with Crippen LogP contribution in [0.15, 0.2) is 40.8 Å². The topological polar surface area (TPSA) is 55.1 Å². The number of nitrogens with zero attached hydrogens (tertiary/aromatic N) is 1. The zero-order chi connectivity index (χ0) is 20.5. The monoisotopic (exact) mass is 420 g/mol. The Balaban J connectivity index is 1.34.